The third-order valence-electron chi connectivity index (χ3n) is 4.51. The minimum atomic E-state index is -3.48. The van der Waals surface area contributed by atoms with Gasteiger partial charge in [-0.3, -0.25) is 4.79 Å². The summed E-state index contributed by atoms with van der Waals surface area (Å²) in [7, 11) is -3.48. The lowest BCUT2D eigenvalue weighted by molar-refractivity contribution is 0.102. The van der Waals surface area contributed by atoms with E-state index in [-0.39, 0.29) is 4.90 Å². The minimum absolute atomic E-state index is 0.207. The van der Waals surface area contributed by atoms with Crippen LogP contribution >= 0.6 is 0 Å². The molecule has 0 atom stereocenters. The molecule has 140 valence electrons. The smallest absolute Gasteiger partial charge is 0.255 e. The molecule has 1 fully saturated rings. The van der Waals surface area contributed by atoms with Gasteiger partial charge in [-0.25, -0.2) is 8.42 Å². The average molecular weight is 387 g/mol. The van der Waals surface area contributed by atoms with Crippen LogP contribution in [-0.2, 0) is 10.0 Å². The Morgan fingerprint density at radius 2 is 1.78 bits per heavy atom. The number of fused-ring (bicyclic) bond motifs is 1. The Balaban J connectivity index is 1.52. The predicted octanol–water partition coefficient (Wildman–Crippen LogP) is 1.71. The first-order chi connectivity index (χ1) is 12.9. The molecule has 2 heterocycles. The fourth-order valence-electron chi connectivity index (χ4n) is 3.04. The number of nitrogens with one attached hydrogen (secondary N) is 1. The Morgan fingerprint density at radius 1 is 1.07 bits per heavy atom. The van der Waals surface area contributed by atoms with Gasteiger partial charge in [0.05, 0.1) is 4.90 Å². The van der Waals surface area contributed by atoms with Crippen LogP contribution in [0.2, 0.25) is 0 Å². The second-order valence-electron chi connectivity index (χ2n) is 6.27. The predicted molar refractivity (Wildman–Crippen MR) is 97.1 cm³/mol. The van der Waals surface area contributed by atoms with E-state index in [1.807, 2.05) is 0 Å². The van der Waals surface area contributed by atoms with Gasteiger partial charge in [0.15, 0.2) is 0 Å². The van der Waals surface area contributed by atoms with Crippen molar-refractivity contribution in [1.29, 1.82) is 0 Å². The number of benzene rings is 2. The highest BCUT2D eigenvalue weighted by atomic mass is 32.2. The van der Waals surface area contributed by atoms with Gasteiger partial charge in [0.1, 0.15) is 11.0 Å². The fourth-order valence-corrected chi connectivity index (χ4v) is 4.56. The number of hydrogen-bond acceptors (Lipinski definition) is 6. The summed E-state index contributed by atoms with van der Waals surface area (Å²) in [6, 6.07) is 10.7. The largest absolute Gasteiger partial charge is 0.410 e. The Kier molecular flexibility index (Phi) is 4.28. The van der Waals surface area contributed by atoms with Crippen molar-refractivity contribution in [2.24, 2.45) is 0 Å². The quantitative estimate of drug-likeness (QED) is 0.658. The second-order valence-corrected chi connectivity index (χ2v) is 8.21. The van der Waals surface area contributed by atoms with E-state index in [4.69, 9.17) is 0 Å². The van der Waals surface area contributed by atoms with Gasteiger partial charge in [0.25, 0.3) is 5.91 Å². The molecule has 0 radical (unpaired) electrons. The van der Waals surface area contributed by atoms with Crippen LogP contribution in [0.1, 0.15) is 23.2 Å². The topological polar surface area (TPSA) is 117 Å². The lowest BCUT2D eigenvalue weighted by Gasteiger charge is -2.15. The van der Waals surface area contributed by atoms with Crippen LogP contribution in [0, 0.1) is 0 Å². The Bertz CT molecular complexity index is 1100. The zero-order valence-electron chi connectivity index (χ0n) is 14.2. The van der Waals surface area contributed by atoms with E-state index in [1.165, 1.54) is 22.5 Å². The van der Waals surface area contributed by atoms with Crippen LogP contribution in [0.4, 0.5) is 5.69 Å². The lowest BCUT2D eigenvalue weighted by atomic mass is 10.2. The van der Waals surface area contributed by atoms with Crippen LogP contribution < -0.4 is 5.32 Å². The summed E-state index contributed by atoms with van der Waals surface area (Å²) in [4.78, 5) is 13.2. The summed E-state index contributed by atoms with van der Waals surface area (Å²) in [5, 5.41) is 19.5. The normalized spacial score (nSPS) is 15.3. The van der Waals surface area contributed by atoms with Crippen molar-refractivity contribution in [1.82, 2.24) is 19.5 Å². The number of nitrogens with zero attached hydrogens (tertiary/aromatic N) is 4. The molecule has 0 saturated carbocycles. The average Bonchev–Trinajstić information content (AvgIpc) is 3.33. The molecule has 2 aromatic carbocycles. The first-order valence-electron chi connectivity index (χ1n) is 8.41. The molecule has 10 heteroatoms. The van der Waals surface area contributed by atoms with Crippen LogP contribution in [0.15, 0.2) is 47.4 Å². The standard InChI is InChI=1S/C17H17N5O4S/c23-17(12-3-8-15-16(11-12)22(24)20-19-15)18-13-4-6-14(7-5-13)27(25,26)21-9-1-2-10-21/h3-8,11,24H,1-2,9-10H2,(H,18,23). The van der Waals surface area contributed by atoms with Crippen LogP contribution in [0.3, 0.4) is 0 Å². The summed E-state index contributed by atoms with van der Waals surface area (Å²) in [5.74, 6) is -0.395. The van der Waals surface area contributed by atoms with Crippen molar-refractivity contribution >= 4 is 32.7 Å². The van der Waals surface area contributed by atoms with Gasteiger partial charge >= 0.3 is 0 Å². The van der Waals surface area contributed by atoms with Gasteiger partial charge in [-0.2, -0.15) is 4.31 Å². The van der Waals surface area contributed by atoms with E-state index in [0.29, 0.717) is 40.2 Å². The molecule has 1 aliphatic rings. The molecule has 1 saturated heterocycles. The molecular weight excluding hydrogens is 370 g/mol. The zero-order chi connectivity index (χ0) is 19.0. The first kappa shape index (κ1) is 17.4. The number of hydrogen-bond donors (Lipinski definition) is 2. The summed E-state index contributed by atoms with van der Waals surface area (Å²) in [6.45, 7) is 1.08. The van der Waals surface area contributed by atoms with Crippen molar-refractivity contribution in [2.45, 2.75) is 17.7 Å². The number of rotatable bonds is 4. The molecule has 3 aromatic rings. The van der Waals surface area contributed by atoms with Crippen LogP contribution in [0.5, 0.6) is 0 Å². The van der Waals surface area contributed by atoms with E-state index in [1.54, 1.807) is 24.3 Å². The van der Waals surface area contributed by atoms with E-state index >= 15 is 0 Å². The molecule has 27 heavy (non-hydrogen) atoms. The van der Waals surface area contributed by atoms with Gasteiger partial charge < -0.3 is 10.5 Å². The summed E-state index contributed by atoms with van der Waals surface area (Å²) in [5.41, 5.74) is 1.56. The monoisotopic (exact) mass is 387 g/mol. The maximum atomic E-state index is 12.5. The molecule has 0 aliphatic carbocycles. The minimum Gasteiger partial charge on any atom is -0.410 e. The molecule has 2 N–H and O–H groups in total. The van der Waals surface area contributed by atoms with Crippen LogP contribution in [-0.4, -0.2) is 52.1 Å². The third kappa shape index (κ3) is 3.24. The number of sulfonamides is 1. The van der Waals surface area contributed by atoms with Crippen molar-refractivity contribution in [3.63, 3.8) is 0 Å². The maximum absolute atomic E-state index is 12.5. The van der Waals surface area contributed by atoms with E-state index in [0.717, 1.165) is 12.8 Å². The van der Waals surface area contributed by atoms with Gasteiger partial charge in [0.2, 0.25) is 10.0 Å². The van der Waals surface area contributed by atoms with Crippen molar-refractivity contribution < 1.29 is 18.4 Å². The van der Waals surface area contributed by atoms with E-state index in [9.17, 15) is 18.4 Å². The molecule has 9 nitrogen and oxygen atoms in total. The molecule has 0 bridgehead atoms. The summed E-state index contributed by atoms with van der Waals surface area (Å²) < 4.78 is 26.5. The van der Waals surface area contributed by atoms with Crippen molar-refractivity contribution in [3.8, 4) is 0 Å². The van der Waals surface area contributed by atoms with Gasteiger partial charge in [-0.05, 0) is 60.5 Å². The van der Waals surface area contributed by atoms with E-state index < -0.39 is 15.9 Å². The molecule has 0 unspecified atom stereocenters. The Morgan fingerprint density at radius 3 is 2.48 bits per heavy atom. The highest BCUT2D eigenvalue weighted by molar-refractivity contribution is 7.89. The SMILES string of the molecule is O=C(Nc1ccc(S(=O)(=O)N2CCCC2)cc1)c1ccc2nnn(O)c2c1. The van der Waals surface area contributed by atoms with E-state index in [2.05, 4.69) is 15.6 Å². The number of carbonyl (C=O) groups is 1. The molecule has 1 aromatic heterocycles. The molecule has 0 spiro atoms. The van der Waals surface area contributed by atoms with Gasteiger partial charge in [-0.1, -0.05) is 4.85 Å². The first-order valence-corrected chi connectivity index (χ1v) is 9.85. The molecular formula is C17H17N5O4S. The highest BCUT2D eigenvalue weighted by Crippen LogP contribution is 2.22. The lowest BCUT2D eigenvalue weighted by Crippen LogP contribution is -2.27. The summed E-state index contributed by atoms with van der Waals surface area (Å²) >= 11 is 0. The fraction of sp³-hybridized carbons (Fsp3) is 0.235. The van der Waals surface area contributed by atoms with Gasteiger partial charge in [0, 0.05) is 24.3 Å². The Hall–Kier alpha value is -2.98. The molecule has 4 rings (SSSR count). The number of anilines is 1. The number of aromatic nitrogens is 3. The summed E-state index contributed by atoms with van der Waals surface area (Å²) in [6.07, 6.45) is 1.75. The maximum Gasteiger partial charge on any atom is 0.255 e. The third-order valence-corrected chi connectivity index (χ3v) is 6.42. The zero-order valence-corrected chi connectivity index (χ0v) is 15.1. The number of amides is 1. The molecule has 1 amide bonds. The van der Waals surface area contributed by atoms with Gasteiger partial charge in [-0.15, -0.1) is 5.10 Å². The van der Waals surface area contributed by atoms with Crippen molar-refractivity contribution in [2.75, 3.05) is 18.4 Å². The number of carbonyl (C=O) groups excluding carboxylic acids is 1. The highest BCUT2D eigenvalue weighted by Gasteiger charge is 2.26. The second kappa shape index (κ2) is 6.63. The van der Waals surface area contributed by atoms with Crippen LogP contribution in [0.25, 0.3) is 11.0 Å². The van der Waals surface area contributed by atoms with Crippen molar-refractivity contribution in [3.05, 3.63) is 48.0 Å². The Labute approximate surface area is 155 Å². The molecule has 1 aliphatic heterocycles.